The average Bonchev–Trinajstić information content (AvgIpc) is 1.14. The normalized spacial score (nSPS) is 17.5. The summed E-state index contributed by atoms with van der Waals surface area (Å²) in [6.45, 7) is 13.4. The van der Waals surface area contributed by atoms with Gasteiger partial charge < -0.3 is 71.6 Å². The van der Waals surface area contributed by atoms with Gasteiger partial charge in [-0.05, 0) is 145 Å². The smallest absolute Gasteiger partial charge is 0.232 e. The number of aliphatic hydroxyl groups is 6. The van der Waals surface area contributed by atoms with E-state index in [9.17, 15) is 69.6 Å². The van der Waals surface area contributed by atoms with Gasteiger partial charge >= 0.3 is 0 Å². The molecule has 12 N–H and O–H groups in total. The molecule has 0 spiro atoms. The van der Waals surface area contributed by atoms with E-state index in [0.29, 0.717) is 161 Å². The van der Waals surface area contributed by atoms with Crippen LogP contribution in [0, 0.1) is 0 Å². The number of nitrogens with one attached hydrogen (secondary N) is 4. The summed E-state index contributed by atoms with van der Waals surface area (Å²) >= 11 is 0. The summed E-state index contributed by atoms with van der Waals surface area (Å²) in [4.78, 5) is 85.8. The Morgan fingerprint density at radius 2 is 0.727 bits per heavy atom. The predicted molar refractivity (Wildman–Crippen MR) is 443 cm³/mol. The summed E-state index contributed by atoms with van der Waals surface area (Å²) < 4.78 is 11.7. The first-order valence-corrected chi connectivity index (χ1v) is 40.1. The minimum Gasteiger partial charge on any atom is -0.507 e. The molecule has 10 aromatic rings. The van der Waals surface area contributed by atoms with Crippen LogP contribution < -0.4 is 52.5 Å². The number of rotatable bonds is 32. The molecule has 0 radical (unpaired) electrons. The van der Waals surface area contributed by atoms with Crippen molar-refractivity contribution in [3.05, 3.63) is 121 Å². The quantitative estimate of drug-likeness (QED) is 0.0106. The van der Waals surface area contributed by atoms with Crippen molar-refractivity contribution < 1.29 is 59.9 Å². The van der Waals surface area contributed by atoms with Gasteiger partial charge in [-0.25, -0.2) is 0 Å². The molecule has 2 heterocycles. The third-order valence-corrected chi connectivity index (χ3v) is 25.1. The molecule has 4 unspecified atom stereocenters. The number of aliphatic hydroxyl groups excluding tert-OH is 6. The van der Waals surface area contributed by atoms with Crippen LogP contribution in [0.15, 0.2) is 54.6 Å². The van der Waals surface area contributed by atoms with Gasteiger partial charge in [-0.2, -0.15) is 0 Å². The maximum atomic E-state index is 14.7. The zero-order chi connectivity index (χ0) is 78.7. The van der Waals surface area contributed by atoms with Crippen molar-refractivity contribution in [2.24, 2.45) is 0 Å². The van der Waals surface area contributed by atoms with E-state index in [1.54, 1.807) is 0 Å². The molecular formula is C90H108N4O16. The second-order valence-corrected chi connectivity index (χ2v) is 31.8. The lowest BCUT2D eigenvalue weighted by atomic mass is 9.75. The molecule has 20 heteroatoms. The van der Waals surface area contributed by atoms with Crippen LogP contribution in [0.5, 0.6) is 23.0 Å². The van der Waals surface area contributed by atoms with Crippen molar-refractivity contribution in [3.63, 3.8) is 0 Å². The summed E-state index contributed by atoms with van der Waals surface area (Å²) in [6.07, 6.45) is 25.2. The molecule has 110 heavy (non-hydrogen) atoms. The van der Waals surface area contributed by atoms with Crippen molar-refractivity contribution in [1.82, 2.24) is 0 Å². The van der Waals surface area contributed by atoms with Gasteiger partial charge in [-0.1, -0.05) is 154 Å². The van der Waals surface area contributed by atoms with Crippen LogP contribution in [-0.2, 0) is 36.0 Å². The van der Waals surface area contributed by atoms with E-state index >= 15 is 0 Å². The number of phenols is 2. The van der Waals surface area contributed by atoms with Gasteiger partial charge in [-0.3, -0.25) is 28.8 Å². The number of ether oxygens (including phenoxy) is 2. The lowest BCUT2D eigenvalue weighted by Crippen LogP contribution is -2.56. The Morgan fingerprint density at radius 1 is 0.400 bits per heavy atom. The van der Waals surface area contributed by atoms with E-state index in [0.717, 1.165) is 134 Å². The second-order valence-electron chi connectivity index (χ2n) is 31.8. The van der Waals surface area contributed by atoms with Crippen molar-refractivity contribution in [1.29, 1.82) is 0 Å². The van der Waals surface area contributed by atoms with Crippen LogP contribution >= 0.6 is 0 Å². The number of Topliss-reactive ketones (excluding diaryl/α,β-unsaturated/α-hetero) is 2. The number of allylic oxidation sites excluding steroid dienone is 2. The molecule has 14 rings (SSSR count). The number of unbranched alkanes of at least 4 members (excludes halogenated alkanes) is 12. The fourth-order valence-corrected chi connectivity index (χ4v) is 20.3. The van der Waals surface area contributed by atoms with E-state index in [2.05, 4.69) is 49.0 Å². The number of carbonyl (C=O) groups excluding carboxylic acids is 2. The highest BCUT2D eigenvalue weighted by Crippen LogP contribution is 2.60. The minimum atomic E-state index is -0.900. The van der Waals surface area contributed by atoms with E-state index in [-0.39, 0.29) is 81.5 Å². The summed E-state index contributed by atoms with van der Waals surface area (Å²) in [5, 5.41) is 110. The van der Waals surface area contributed by atoms with Gasteiger partial charge in [0.05, 0.1) is 120 Å². The van der Waals surface area contributed by atoms with Crippen molar-refractivity contribution in [3.8, 4) is 23.0 Å². The molecule has 0 aromatic heterocycles. The Morgan fingerprint density at radius 3 is 1.06 bits per heavy atom. The number of phenolic OH excluding ortho intramolecular Hbond substituents is 2. The monoisotopic (exact) mass is 1500 g/mol. The molecule has 10 aromatic carbocycles. The first-order chi connectivity index (χ1) is 53.1. The maximum Gasteiger partial charge on any atom is 0.232 e. The highest BCUT2D eigenvalue weighted by molar-refractivity contribution is 6.42. The molecule has 0 saturated heterocycles. The van der Waals surface area contributed by atoms with Gasteiger partial charge in [0.15, 0.2) is 22.4 Å². The largest absolute Gasteiger partial charge is 0.507 e. The summed E-state index contributed by atoms with van der Waals surface area (Å²) in [5.41, 5.74) is 4.57. The maximum absolute atomic E-state index is 14.7. The van der Waals surface area contributed by atoms with Crippen molar-refractivity contribution in [2.45, 2.75) is 258 Å². The van der Waals surface area contributed by atoms with Crippen LogP contribution in [0.3, 0.4) is 0 Å². The number of hydrogen-bond acceptors (Lipinski definition) is 20. The molecule has 4 aliphatic rings. The summed E-state index contributed by atoms with van der Waals surface area (Å²) in [7, 11) is 2.75. The number of methoxy groups -OCH3 is 2. The van der Waals surface area contributed by atoms with Crippen molar-refractivity contribution >= 4 is 133 Å². The first kappa shape index (κ1) is 79.1. The van der Waals surface area contributed by atoms with Crippen LogP contribution in [0.4, 0.5) is 22.7 Å². The molecular weight excluding hydrogens is 1390 g/mol. The molecule has 4 atom stereocenters. The number of fused-ring (bicyclic) bond motifs is 8. The average molecular weight is 1500 g/mol. The molecule has 20 nitrogen and oxygen atoms in total. The van der Waals surface area contributed by atoms with E-state index in [1.165, 1.54) is 52.3 Å². The van der Waals surface area contributed by atoms with Gasteiger partial charge in [0.1, 0.15) is 23.1 Å². The molecule has 0 bridgehead atoms. The van der Waals surface area contributed by atoms with Crippen LogP contribution in [0.2, 0.25) is 0 Å². The van der Waals surface area contributed by atoms with E-state index in [1.807, 2.05) is 26.0 Å². The third kappa shape index (κ3) is 12.6. The zero-order valence-corrected chi connectivity index (χ0v) is 65.4. The second kappa shape index (κ2) is 32.0. The summed E-state index contributed by atoms with van der Waals surface area (Å²) in [5.74, 6) is -3.03. The van der Waals surface area contributed by atoms with Gasteiger partial charge in [0.25, 0.3) is 0 Å². The Labute approximate surface area is 639 Å². The number of carbonyl (C=O) groups is 2. The number of anilines is 4. The number of ketones is 2. The topological polar surface area (TPSA) is 331 Å². The molecule has 0 amide bonds. The number of benzene rings is 10. The Kier molecular flexibility index (Phi) is 23.0. The number of aromatic hydroxyl groups is 2. The Hall–Kier alpha value is -9.02. The van der Waals surface area contributed by atoms with Gasteiger partial charge in [-0.15, -0.1) is 0 Å². The van der Waals surface area contributed by atoms with Crippen LogP contribution in [0.1, 0.15) is 253 Å². The standard InChI is InChI=1S/2C45H54N2O8/c1-6-8-10-12-15-45(16-13-11-9-7-2)30(14-17-48)46-42-35-28(52)19-25(21-49)32-33-26(22-50)20-29(53)36-38(33)39-34(37(32)35)27(41(42)47-45)18-23(3)31(24(4)51)40(39)44(55-5)43(36)54;1-6-8-10-12-15-45(16-13-11-9-7-2)30(14-17-48)46-41-27-18-23(3)31(24(4)51)40-39-34(27)37-32(25(21-49)19-28(52)35(37)42(41)47-45)33-26(22-50)20-29(53)36(38(33)39)43(54)44(40)55-5/h2*18-20,30-31,46-50,53H,6-17,21-22H2,1-5H3. The van der Waals surface area contributed by atoms with E-state index < -0.39 is 60.2 Å². The highest BCUT2D eigenvalue weighted by atomic mass is 16.5. The lowest BCUT2D eigenvalue weighted by Gasteiger charge is -2.48. The molecule has 584 valence electrons. The van der Waals surface area contributed by atoms with Gasteiger partial charge in [0, 0.05) is 67.8 Å². The van der Waals surface area contributed by atoms with Crippen LogP contribution in [0.25, 0.3) is 98.3 Å². The molecule has 2 aliphatic heterocycles. The first-order valence-electron chi connectivity index (χ1n) is 40.1. The fourth-order valence-electron chi connectivity index (χ4n) is 20.3. The Bertz CT molecular complexity index is 5570. The summed E-state index contributed by atoms with van der Waals surface area (Å²) in [6, 6.07) is 5.16. The Balaban J connectivity index is 0.000000193. The molecule has 0 fully saturated rings. The third-order valence-electron chi connectivity index (χ3n) is 25.1. The lowest BCUT2D eigenvalue weighted by molar-refractivity contribution is -0.118. The van der Waals surface area contributed by atoms with Crippen molar-refractivity contribution in [2.75, 3.05) is 48.7 Å². The minimum absolute atomic E-state index is 0.0162. The number of hydrogen-bond donors (Lipinski definition) is 12. The molecule has 2 aliphatic carbocycles. The predicted octanol–water partition coefficient (Wildman–Crippen LogP) is 15.9. The highest BCUT2D eigenvalue weighted by Gasteiger charge is 2.48. The van der Waals surface area contributed by atoms with Crippen LogP contribution in [-0.4, -0.2) is 103 Å². The van der Waals surface area contributed by atoms with E-state index in [4.69, 9.17) is 9.47 Å². The SMILES string of the molecule is CCCCCCC1(CCCCCC)Nc2c(c3c(=O)cc(CO)c4c5c(CO)cc(O)c6c(=O)c(OC)c7c(c(c2C=C(C)C7C(C)=O)c34)c65)NC1CCO.CCCCCCC1(CCCCCC)Nc2c(c3c4c5c(c(OC)c(=O)c6c(O)cc(CO)c(c7c(CO)cc(=O)c2c74)c65)C(C(C)=O)C(C)=C3)NC1CCO. The zero-order valence-electron chi connectivity index (χ0n) is 65.4. The molecule has 0 saturated carbocycles. The van der Waals surface area contributed by atoms with Gasteiger partial charge in [0.2, 0.25) is 10.9 Å². The fraction of sp³-hybridized carbons (Fsp3) is 0.489.